The molecule has 1 aromatic carbocycles. The van der Waals surface area contributed by atoms with E-state index < -0.39 is 18.4 Å². The molecular weight excluding hydrogens is 441 g/mol. The van der Waals surface area contributed by atoms with Crippen molar-refractivity contribution in [2.45, 2.75) is 25.9 Å². The summed E-state index contributed by atoms with van der Waals surface area (Å²) in [5.41, 5.74) is 1.75. The summed E-state index contributed by atoms with van der Waals surface area (Å²) in [4.78, 5) is 30.8. The number of hydrogen-bond acceptors (Lipinski definition) is 5. The van der Waals surface area contributed by atoms with E-state index >= 15 is 0 Å². The van der Waals surface area contributed by atoms with Gasteiger partial charge in [0.1, 0.15) is 12.3 Å². The maximum Gasteiger partial charge on any atom is 0.573 e. The van der Waals surface area contributed by atoms with Gasteiger partial charge in [0.15, 0.2) is 5.82 Å². The van der Waals surface area contributed by atoms with Gasteiger partial charge in [-0.3, -0.25) is 14.4 Å². The van der Waals surface area contributed by atoms with E-state index in [0.29, 0.717) is 17.1 Å². The molecular formula is C21H19F3N6O3. The number of hydrogen-bond donors (Lipinski definition) is 2. The highest BCUT2D eigenvalue weighted by molar-refractivity contribution is 6.08. The third kappa shape index (κ3) is 5.40. The van der Waals surface area contributed by atoms with Crippen LogP contribution >= 0.6 is 0 Å². The zero-order valence-corrected chi connectivity index (χ0v) is 17.3. The van der Waals surface area contributed by atoms with Crippen LogP contribution < -0.4 is 20.3 Å². The molecule has 1 aliphatic rings. The normalized spacial score (nSPS) is 14.3. The minimum absolute atomic E-state index is 0.201. The number of urea groups is 1. The van der Waals surface area contributed by atoms with Gasteiger partial charge in [-0.05, 0) is 42.3 Å². The van der Waals surface area contributed by atoms with Crippen LogP contribution in [-0.2, 0) is 11.3 Å². The summed E-state index contributed by atoms with van der Waals surface area (Å²) in [7, 11) is 0. The number of fused-ring (bicyclic) bond motifs is 1. The van der Waals surface area contributed by atoms with Crippen LogP contribution in [0.15, 0.2) is 55.0 Å². The van der Waals surface area contributed by atoms with Crippen molar-refractivity contribution in [3.05, 3.63) is 66.1 Å². The van der Waals surface area contributed by atoms with E-state index in [1.807, 2.05) is 6.92 Å². The molecule has 0 bridgehead atoms. The third-order valence-electron chi connectivity index (χ3n) is 4.82. The third-order valence-corrected chi connectivity index (χ3v) is 4.82. The number of carbonyl (C=O) groups excluding carboxylic acids is 2. The molecule has 4 rings (SSSR count). The van der Waals surface area contributed by atoms with Gasteiger partial charge in [-0.2, -0.15) is 5.10 Å². The molecule has 0 saturated heterocycles. The molecule has 1 aliphatic heterocycles. The predicted molar refractivity (Wildman–Crippen MR) is 112 cm³/mol. The summed E-state index contributed by atoms with van der Waals surface area (Å²) in [6.45, 7) is 1.78. The first-order valence-electron chi connectivity index (χ1n) is 9.85. The molecule has 9 nitrogen and oxygen atoms in total. The molecule has 1 unspecified atom stereocenters. The number of rotatable bonds is 5. The lowest BCUT2D eigenvalue weighted by atomic mass is 10.1. The van der Waals surface area contributed by atoms with Crippen molar-refractivity contribution in [3.63, 3.8) is 0 Å². The van der Waals surface area contributed by atoms with Gasteiger partial charge in [-0.25, -0.2) is 9.78 Å². The number of anilines is 2. The van der Waals surface area contributed by atoms with Crippen LogP contribution in [0.2, 0.25) is 0 Å². The molecule has 2 aromatic heterocycles. The van der Waals surface area contributed by atoms with Crippen molar-refractivity contribution in [2.24, 2.45) is 0 Å². The largest absolute Gasteiger partial charge is 0.573 e. The number of halogens is 3. The van der Waals surface area contributed by atoms with Crippen LogP contribution in [-0.4, -0.2) is 39.6 Å². The van der Waals surface area contributed by atoms with Gasteiger partial charge < -0.3 is 15.4 Å². The maximum absolute atomic E-state index is 13.1. The fraction of sp³-hybridized carbons (Fsp3) is 0.238. The summed E-state index contributed by atoms with van der Waals surface area (Å²) in [5, 5.41) is 9.64. The summed E-state index contributed by atoms with van der Waals surface area (Å²) in [5.74, 6) is -0.455. The quantitative estimate of drug-likeness (QED) is 0.608. The minimum Gasteiger partial charge on any atom is -0.406 e. The highest BCUT2D eigenvalue weighted by Crippen LogP contribution is 2.29. The van der Waals surface area contributed by atoms with Crippen LogP contribution in [0.25, 0.3) is 0 Å². The smallest absolute Gasteiger partial charge is 0.406 e. The lowest BCUT2D eigenvalue weighted by Gasteiger charge is -2.30. The molecule has 0 fully saturated rings. The summed E-state index contributed by atoms with van der Waals surface area (Å²) in [6.07, 6.45) is 0.0276. The SMILES string of the molecule is Cc1cnc2c(c1)NC(=O)CN2C(=O)NC(Cn1cccn1)c1ccc(OC(F)(F)F)cc1. The summed E-state index contributed by atoms with van der Waals surface area (Å²) >= 11 is 0. The molecule has 0 spiro atoms. The number of carbonyl (C=O) groups is 2. The van der Waals surface area contributed by atoms with Crippen LogP contribution in [0.5, 0.6) is 5.75 Å². The van der Waals surface area contributed by atoms with Gasteiger partial charge in [0.25, 0.3) is 0 Å². The fourth-order valence-corrected chi connectivity index (χ4v) is 3.40. The van der Waals surface area contributed by atoms with Gasteiger partial charge in [-0.1, -0.05) is 12.1 Å². The zero-order valence-electron chi connectivity index (χ0n) is 17.3. The van der Waals surface area contributed by atoms with Crippen molar-refractivity contribution in [1.82, 2.24) is 20.1 Å². The fourth-order valence-electron chi connectivity index (χ4n) is 3.40. The van der Waals surface area contributed by atoms with Gasteiger partial charge in [0, 0.05) is 18.6 Å². The van der Waals surface area contributed by atoms with E-state index in [1.165, 1.54) is 29.2 Å². The Morgan fingerprint density at radius 2 is 2.06 bits per heavy atom. The van der Waals surface area contributed by atoms with E-state index in [9.17, 15) is 22.8 Å². The van der Waals surface area contributed by atoms with Crippen LogP contribution in [0.1, 0.15) is 17.2 Å². The van der Waals surface area contributed by atoms with Gasteiger partial charge in [0.2, 0.25) is 5.91 Å². The van der Waals surface area contributed by atoms with E-state index in [4.69, 9.17) is 0 Å². The second-order valence-electron chi connectivity index (χ2n) is 7.37. The van der Waals surface area contributed by atoms with Crippen molar-refractivity contribution in [3.8, 4) is 5.75 Å². The number of ether oxygens (including phenoxy) is 1. The van der Waals surface area contributed by atoms with Gasteiger partial charge in [0.05, 0.1) is 18.3 Å². The van der Waals surface area contributed by atoms with Crippen molar-refractivity contribution < 1.29 is 27.5 Å². The Morgan fingerprint density at radius 3 is 2.73 bits per heavy atom. The molecule has 3 aromatic rings. The van der Waals surface area contributed by atoms with Crippen molar-refractivity contribution in [1.29, 1.82) is 0 Å². The molecule has 0 aliphatic carbocycles. The van der Waals surface area contributed by atoms with Crippen LogP contribution in [0, 0.1) is 6.92 Å². The molecule has 172 valence electrons. The average Bonchev–Trinajstić information content (AvgIpc) is 3.25. The second-order valence-corrected chi connectivity index (χ2v) is 7.37. The van der Waals surface area contributed by atoms with E-state index in [1.54, 1.807) is 35.4 Å². The molecule has 0 saturated carbocycles. The predicted octanol–water partition coefficient (Wildman–Crippen LogP) is 3.39. The molecule has 2 N–H and O–H groups in total. The first-order valence-corrected chi connectivity index (χ1v) is 9.85. The highest BCUT2D eigenvalue weighted by Gasteiger charge is 2.32. The lowest BCUT2D eigenvalue weighted by Crippen LogP contribution is -2.49. The van der Waals surface area contributed by atoms with Crippen LogP contribution in [0.3, 0.4) is 0 Å². The average molecular weight is 460 g/mol. The highest BCUT2D eigenvalue weighted by atomic mass is 19.4. The Labute approximate surface area is 186 Å². The Morgan fingerprint density at radius 1 is 1.30 bits per heavy atom. The van der Waals surface area contributed by atoms with E-state index in [2.05, 4.69) is 25.5 Å². The number of nitrogens with one attached hydrogen (secondary N) is 2. The number of pyridine rings is 1. The zero-order chi connectivity index (χ0) is 23.6. The molecule has 12 heteroatoms. The van der Waals surface area contributed by atoms with Gasteiger partial charge in [-0.15, -0.1) is 13.2 Å². The minimum atomic E-state index is -4.81. The first kappa shape index (κ1) is 22.1. The standard InChI is InChI=1S/C21H19F3N6O3/c1-13-9-16-19(25-10-13)30(12-18(31)27-16)20(32)28-17(11-29-8-2-7-26-29)14-3-5-15(6-4-14)33-21(22,23)24/h2-10,17H,11-12H2,1H3,(H,27,31)(H,28,32). The Kier molecular flexibility index (Phi) is 5.90. The monoisotopic (exact) mass is 460 g/mol. The number of amides is 3. The lowest BCUT2D eigenvalue weighted by molar-refractivity contribution is -0.274. The number of aromatic nitrogens is 3. The second kappa shape index (κ2) is 8.81. The Balaban J connectivity index is 1.58. The summed E-state index contributed by atoms with van der Waals surface area (Å²) < 4.78 is 42.9. The Bertz CT molecular complexity index is 1150. The van der Waals surface area contributed by atoms with E-state index in [0.717, 1.165) is 5.56 Å². The number of nitrogens with zero attached hydrogens (tertiary/aromatic N) is 4. The summed E-state index contributed by atoms with van der Waals surface area (Å²) in [6, 6.07) is 7.34. The van der Waals surface area contributed by atoms with Gasteiger partial charge >= 0.3 is 12.4 Å². The molecule has 3 heterocycles. The van der Waals surface area contributed by atoms with Crippen LogP contribution in [0.4, 0.5) is 29.5 Å². The first-order chi connectivity index (χ1) is 15.7. The Hall–Kier alpha value is -4.09. The number of aryl methyl sites for hydroxylation is 1. The molecule has 1 atom stereocenters. The van der Waals surface area contributed by atoms with E-state index in [-0.39, 0.29) is 24.7 Å². The van der Waals surface area contributed by atoms with Crippen molar-refractivity contribution >= 4 is 23.4 Å². The number of benzene rings is 1. The molecule has 33 heavy (non-hydrogen) atoms. The topological polar surface area (TPSA) is 101 Å². The maximum atomic E-state index is 13.1. The van der Waals surface area contributed by atoms with Crippen molar-refractivity contribution in [2.75, 3.05) is 16.8 Å². The molecule has 0 radical (unpaired) electrons. The number of alkyl halides is 3. The molecule has 3 amide bonds.